The van der Waals surface area contributed by atoms with E-state index < -0.39 is 29.6 Å². The molecule has 0 bridgehead atoms. The van der Waals surface area contributed by atoms with Gasteiger partial charge < -0.3 is 10.1 Å². The van der Waals surface area contributed by atoms with Crippen molar-refractivity contribution in [1.82, 2.24) is 5.32 Å². The lowest BCUT2D eigenvalue weighted by molar-refractivity contribution is -0.142. The SMILES string of the molecule is COC(=O)[C@@H](Cc1cccc(C)c1)NC(=O)c1ccc(F)c(F)c1. The van der Waals surface area contributed by atoms with Crippen LogP contribution in [-0.4, -0.2) is 25.0 Å². The fourth-order valence-corrected chi connectivity index (χ4v) is 2.29. The monoisotopic (exact) mass is 333 g/mol. The van der Waals surface area contributed by atoms with Crippen molar-refractivity contribution >= 4 is 11.9 Å². The summed E-state index contributed by atoms with van der Waals surface area (Å²) in [4.78, 5) is 24.1. The molecule has 1 N–H and O–H groups in total. The van der Waals surface area contributed by atoms with Gasteiger partial charge in [-0.3, -0.25) is 4.79 Å². The minimum Gasteiger partial charge on any atom is -0.467 e. The Bertz CT molecular complexity index is 762. The number of carbonyl (C=O) groups is 2. The molecule has 0 fully saturated rings. The first-order valence-electron chi connectivity index (χ1n) is 7.30. The molecule has 0 aliphatic carbocycles. The Hall–Kier alpha value is -2.76. The zero-order valence-electron chi connectivity index (χ0n) is 13.3. The van der Waals surface area contributed by atoms with Crippen molar-refractivity contribution in [1.29, 1.82) is 0 Å². The van der Waals surface area contributed by atoms with Gasteiger partial charge in [0.15, 0.2) is 11.6 Å². The Labute approximate surface area is 138 Å². The van der Waals surface area contributed by atoms with E-state index in [0.717, 1.165) is 29.3 Å². The Morgan fingerprint density at radius 3 is 2.50 bits per heavy atom. The molecule has 24 heavy (non-hydrogen) atoms. The third-order valence-electron chi connectivity index (χ3n) is 3.50. The van der Waals surface area contributed by atoms with Crippen LogP contribution < -0.4 is 5.32 Å². The molecule has 2 rings (SSSR count). The standard InChI is InChI=1S/C18H17F2NO3/c1-11-4-3-5-12(8-11)9-16(18(23)24-2)21-17(22)13-6-7-14(19)15(20)10-13/h3-8,10,16H,9H2,1-2H3,(H,21,22)/t16-/m1/s1. The molecule has 0 unspecified atom stereocenters. The first kappa shape index (κ1) is 17.6. The van der Waals surface area contributed by atoms with Crippen molar-refractivity contribution in [2.75, 3.05) is 7.11 Å². The van der Waals surface area contributed by atoms with Gasteiger partial charge in [0.1, 0.15) is 6.04 Å². The van der Waals surface area contributed by atoms with Crippen molar-refractivity contribution in [2.45, 2.75) is 19.4 Å². The maximum atomic E-state index is 13.2. The number of esters is 1. The van der Waals surface area contributed by atoms with E-state index in [1.165, 1.54) is 7.11 Å². The fourth-order valence-electron chi connectivity index (χ4n) is 2.29. The van der Waals surface area contributed by atoms with Crippen LogP contribution in [0.5, 0.6) is 0 Å². The molecule has 0 aliphatic rings. The van der Waals surface area contributed by atoms with Crippen LogP contribution in [0.25, 0.3) is 0 Å². The topological polar surface area (TPSA) is 55.4 Å². The minimum absolute atomic E-state index is 0.0768. The lowest BCUT2D eigenvalue weighted by Gasteiger charge is -2.17. The van der Waals surface area contributed by atoms with Crippen LogP contribution in [0.1, 0.15) is 21.5 Å². The van der Waals surface area contributed by atoms with Crippen LogP contribution in [0, 0.1) is 18.6 Å². The molecular weight excluding hydrogens is 316 g/mol. The zero-order valence-corrected chi connectivity index (χ0v) is 13.3. The number of aryl methyl sites for hydroxylation is 1. The van der Waals surface area contributed by atoms with E-state index in [-0.39, 0.29) is 12.0 Å². The van der Waals surface area contributed by atoms with Crippen LogP contribution in [0.15, 0.2) is 42.5 Å². The highest BCUT2D eigenvalue weighted by Crippen LogP contribution is 2.11. The smallest absolute Gasteiger partial charge is 0.328 e. The number of hydrogen-bond donors (Lipinski definition) is 1. The second-order valence-corrected chi connectivity index (χ2v) is 5.37. The molecule has 1 amide bonds. The van der Waals surface area contributed by atoms with E-state index in [4.69, 9.17) is 4.74 Å². The van der Waals surface area contributed by atoms with Gasteiger partial charge >= 0.3 is 5.97 Å². The largest absolute Gasteiger partial charge is 0.467 e. The van der Waals surface area contributed by atoms with Crippen LogP contribution in [-0.2, 0) is 16.0 Å². The molecule has 0 aromatic heterocycles. The van der Waals surface area contributed by atoms with Crippen molar-refractivity contribution in [3.05, 3.63) is 70.8 Å². The Balaban J connectivity index is 2.17. The van der Waals surface area contributed by atoms with E-state index in [1.807, 2.05) is 31.2 Å². The van der Waals surface area contributed by atoms with Gasteiger partial charge in [-0.2, -0.15) is 0 Å². The molecule has 4 nitrogen and oxygen atoms in total. The predicted molar refractivity (Wildman–Crippen MR) is 84.5 cm³/mol. The lowest BCUT2D eigenvalue weighted by Crippen LogP contribution is -2.43. The number of rotatable bonds is 5. The van der Waals surface area contributed by atoms with Gasteiger partial charge in [0.25, 0.3) is 5.91 Å². The number of carbonyl (C=O) groups excluding carboxylic acids is 2. The summed E-state index contributed by atoms with van der Waals surface area (Å²) in [7, 11) is 1.22. The summed E-state index contributed by atoms with van der Waals surface area (Å²) in [5.74, 6) is -3.48. The summed E-state index contributed by atoms with van der Waals surface area (Å²) in [6, 6.07) is 9.33. The maximum Gasteiger partial charge on any atom is 0.328 e. The van der Waals surface area contributed by atoms with Gasteiger partial charge in [0.2, 0.25) is 0 Å². The summed E-state index contributed by atoms with van der Waals surface area (Å²) < 4.78 is 30.9. The van der Waals surface area contributed by atoms with Crippen LogP contribution in [0.2, 0.25) is 0 Å². The Kier molecular flexibility index (Phi) is 5.63. The number of hydrogen-bond acceptors (Lipinski definition) is 3. The molecule has 6 heteroatoms. The number of ether oxygens (including phenoxy) is 1. The average Bonchev–Trinajstić information content (AvgIpc) is 2.56. The normalized spacial score (nSPS) is 11.7. The lowest BCUT2D eigenvalue weighted by atomic mass is 10.0. The molecule has 0 saturated carbocycles. The van der Waals surface area contributed by atoms with Gasteiger partial charge in [0.05, 0.1) is 7.11 Å². The van der Waals surface area contributed by atoms with Crippen LogP contribution in [0.3, 0.4) is 0 Å². The van der Waals surface area contributed by atoms with E-state index in [2.05, 4.69) is 5.32 Å². The van der Waals surface area contributed by atoms with Gasteiger partial charge in [-0.25, -0.2) is 13.6 Å². The minimum atomic E-state index is -1.13. The summed E-state index contributed by atoms with van der Waals surface area (Å²) in [6.07, 6.45) is 0.226. The zero-order chi connectivity index (χ0) is 17.7. The average molecular weight is 333 g/mol. The third-order valence-corrected chi connectivity index (χ3v) is 3.50. The van der Waals surface area contributed by atoms with E-state index in [9.17, 15) is 18.4 Å². The molecule has 0 saturated heterocycles. The maximum absolute atomic E-state index is 13.2. The summed E-state index contributed by atoms with van der Waals surface area (Å²) in [5.41, 5.74) is 1.78. The number of methoxy groups -OCH3 is 1. The fraction of sp³-hybridized carbons (Fsp3) is 0.222. The molecule has 0 aliphatic heterocycles. The van der Waals surface area contributed by atoms with Crippen molar-refractivity contribution in [2.24, 2.45) is 0 Å². The highest BCUT2D eigenvalue weighted by Gasteiger charge is 2.23. The predicted octanol–water partition coefficient (Wildman–Crippen LogP) is 2.79. The second-order valence-electron chi connectivity index (χ2n) is 5.37. The van der Waals surface area contributed by atoms with E-state index >= 15 is 0 Å². The molecule has 2 aromatic rings. The third kappa shape index (κ3) is 4.38. The molecule has 1 atom stereocenters. The van der Waals surface area contributed by atoms with Gasteiger partial charge in [-0.05, 0) is 30.7 Å². The molecule has 126 valence electrons. The van der Waals surface area contributed by atoms with Crippen LogP contribution in [0.4, 0.5) is 8.78 Å². The van der Waals surface area contributed by atoms with E-state index in [0.29, 0.717) is 0 Å². The number of nitrogens with one attached hydrogen (secondary N) is 1. The van der Waals surface area contributed by atoms with Gasteiger partial charge in [-0.15, -0.1) is 0 Å². The summed E-state index contributed by atoms with van der Waals surface area (Å²) in [6.45, 7) is 1.91. The number of halogens is 2. The van der Waals surface area contributed by atoms with Gasteiger partial charge in [-0.1, -0.05) is 29.8 Å². The summed E-state index contributed by atoms with van der Waals surface area (Å²) >= 11 is 0. The highest BCUT2D eigenvalue weighted by molar-refractivity contribution is 5.96. The molecule has 2 aromatic carbocycles. The van der Waals surface area contributed by atoms with Gasteiger partial charge in [0, 0.05) is 12.0 Å². The summed E-state index contributed by atoms with van der Waals surface area (Å²) in [5, 5.41) is 2.50. The first-order valence-corrected chi connectivity index (χ1v) is 7.30. The molecule has 0 spiro atoms. The molecular formula is C18H17F2NO3. The Morgan fingerprint density at radius 1 is 1.12 bits per heavy atom. The highest BCUT2D eigenvalue weighted by atomic mass is 19.2. The Morgan fingerprint density at radius 2 is 1.88 bits per heavy atom. The molecule has 0 heterocycles. The molecule has 0 radical (unpaired) electrons. The second kappa shape index (κ2) is 7.68. The number of benzene rings is 2. The van der Waals surface area contributed by atoms with Crippen molar-refractivity contribution in [3.63, 3.8) is 0 Å². The number of amides is 1. The van der Waals surface area contributed by atoms with Crippen LogP contribution >= 0.6 is 0 Å². The van der Waals surface area contributed by atoms with Crippen molar-refractivity contribution in [3.8, 4) is 0 Å². The quantitative estimate of drug-likeness (QED) is 0.856. The first-order chi connectivity index (χ1) is 11.4. The van der Waals surface area contributed by atoms with E-state index in [1.54, 1.807) is 0 Å². The van der Waals surface area contributed by atoms with Crippen molar-refractivity contribution < 1.29 is 23.1 Å².